The molecule has 0 radical (unpaired) electrons. The SMILES string of the molecule is COc1ccc(CNC(=O)Cc2csc(N3CCCC3=O)n2)cc1OC. The standard InChI is InChI=1S/C18H21N3O4S/c1-24-14-6-5-12(8-15(14)25-2)10-19-16(22)9-13-11-26-18(20-13)21-7-3-4-17(21)23/h5-6,8,11H,3-4,7,9-10H2,1-2H3,(H,19,22). The molecule has 2 amide bonds. The molecule has 0 saturated carbocycles. The third-order valence-electron chi connectivity index (χ3n) is 4.12. The molecule has 8 heteroatoms. The first-order valence-electron chi connectivity index (χ1n) is 8.33. The van der Waals surface area contributed by atoms with Crippen molar-refractivity contribution in [3.8, 4) is 11.5 Å². The molecule has 1 saturated heterocycles. The number of methoxy groups -OCH3 is 2. The molecule has 138 valence electrons. The van der Waals surface area contributed by atoms with E-state index >= 15 is 0 Å². The molecule has 0 atom stereocenters. The summed E-state index contributed by atoms with van der Waals surface area (Å²) in [5, 5.41) is 5.38. The van der Waals surface area contributed by atoms with Crippen molar-refractivity contribution in [3.63, 3.8) is 0 Å². The van der Waals surface area contributed by atoms with E-state index in [1.165, 1.54) is 11.3 Å². The molecule has 1 aliphatic rings. The second kappa shape index (κ2) is 8.18. The van der Waals surface area contributed by atoms with Gasteiger partial charge in [0.15, 0.2) is 16.6 Å². The van der Waals surface area contributed by atoms with Gasteiger partial charge in [-0.1, -0.05) is 6.07 Å². The lowest BCUT2D eigenvalue weighted by atomic mass is 10.2. The van der Waals surface area contributed by atoms with Crippen LogP contribution < -0.4 is 19.7 Å². The number of rotatable bonds is 7. The van der Waals surface area contributed by atoms with Crippen molar-refractivity contribution in [1.29, 1.82) is 0 Å². The number of carbonyl (C=O) groups is 2. The maximum atomic E-state index is 12.2. The van der Waals surface area contributed by atoms with Crippen LogP contribution in [0.25, 0.3) is 0 Å². The van der Waals surface area contributed by atoms with Crippen LogP contribution in [-0.4, -0.2) is 37.6 Å². The fraction of sp³-hybridized carbons (Fsp3) is 0.389. The number of hydrogen-bond acceptors (Lipinski definition) is 6. The van der Waals surface area contributed by atoms with Gasteiger partial charge in [0.25, 0.3) is 0 Å². The summed E-state index contributed by atoms with van der Waals surface area (Å²) in [7, 11) is 3.16. The summed E-state index contributed by atoms with van der Waals surface area (Å²) in [5.74, 6) is 1.25. The number of benzene rings is 1. The van der Waals surface area contributed by atoms with Crippen molar-refractivity contribution in [2.24, 2.45) is 0 Å². The summed E-state index contributed by atoms with van der Waals surface area (Å²) in [6, 6.07) is 5.51. The molecule has 0 bridgehead atoms. The van der Waals surface area contributed by atoms with Crippen molar-refractivity contribution in [1.82, 2.24) is 10.3 Å². The summed E-state index contributed by atoms with van der Waals surface area (Å²) < 4.78 is 10.5. The summed E-state index contributed by atoms with van der Waals surface area (Å²) in [4.78, 5) is 30.0. The minimum atomic E-state index is -0.121. The first-order chi connectivity index (χ1) is 12.6. The van der Waals surface area contributed by atoms with E-state index in [0.717, 1.165) is 12.0 Å². The van der Waals surface area contributed by atoms with Crippen LogP contribution in [0.3, 0.4) is 0 Å². The predicted octanol–water partition coefficient (Wildman–Crippen LogP) is 2.15. The zero-order chi connectivity index (χ0) is 18.5. The lowest BCUT2D eigenvalue weighted by Gasteiger charge is -2.11. The van der Waals surface area contributed by atoms with Crippen molar-refractivity contribution >= 4 is 28.3 Å². The van der Waals surface area contributed by atoms with Gasteiger partial charge in [0.1, 0.15) is 0 Å². The molecule has 2 aromatic rings. The smallest absolute Gasteiger partial charge is 0.228 e. The summed E-state index contributed by atoms with van der Waals surface area (Å²) in [5.41, 5.74) is 1.59. The summed E-state index contributed by atoms with van der Waals surface area (Å²) in [6.07, 6.45) is 1.62. The molecule has 1 fully saturated rings. The second-order valence-electron chi connectivity index (χ2n) is 5.91. The van der Waals surface area contributed by atoms with Crippen LogP contribution in [0.1, 0.15) is 24.1 Å². The topological polar surface area (TPSA) is 80.8 Å². The molecular formula is C18H21N3O4S. The Labute approximate surface area is 155 Å². The molecule has 7 nitrogen and oxygen atoms in total. The molecule has 0 unspecified atom stereocenters. The van der Waals surface area contributed by atoms with Gasteiger partial charge in [-0.25, -0.2) is 4.98 Å². The number of nitrogens with one attached hydrogen (secondary N) is 1. The average molecular weight is 375 g/mol. The van der Waals surface area contributed by atoms with E-state index < -0.39 is 0 Å². The zero-order valence-electron chi connectivity index (χ0n) is 14.8. The van der Waals surface area contributed by atoms with Crippen molar-refractivity contribution in [2.75, 3.05) is 25.7 Å². The largest absolute Gasteiger partial charge is 0.493 e. The van der Waals surface area contributed by atoms with Crippen molar-refractivity contribution in [2.45, 2.75) is 25.8 Å². The van der Waals surface area contributed by atoms with Gasteiger partial charge in [-0.05, 0) is 24.1 Å². The predicted molar refractivity (Wildman–Crippen MR) is 98.8 cm³/mol. The number of amides is 2. The number of aromatic nitrogens is 1. The molecule has 2 heterocycles. The van der Waals surface area contributed by atoms with E-state index in [0.29, 0.717) is 41.8 Å². The van der Waals surface area contributed by atoms with Gasteiger partial charge in [0.05, 0.1) is 26.3 Å². The Bertz CT molecular complexity index is 805. The van der Waals surface area contributed by atoms with Crippen LogP contribution in [-0.2, 0) is 22.6 Å². The highest BCUT2D eigenvalue weighted by Gasteiger charge is 2.24. The second-order valence-corrected chi connectivity index (χ2v) is 6.75. The number of thiazole rings is 1. The van der Waals surface area contributed by atoms with Crippen LogP contribution in [0.4, 0.5) is 5.13 Å². The van der Waals surface area contributed by atoms with Crippen LogP contribution in [0, 0.1) is 0 Å². The van der Waals surface area contributed by atoms with E-state index in [1.807, 2.05) is 17.5 Å². The van der Waals surface area contributed by atoms with Crippen LogP contribution in [0.15, 0.2) is 23.6 Å². The highest BCUT2D eigenvalue weighted by atomic mass is 32.1. The number of hydrogen-bond donors (Lipinski definition) is 1. The van der Waals surface area contributed by atoms with Crippen molar-refractivity contribution in [3.05, 3.63) is 34.8 Å². The summed E-state index contributed by atoms with van der Waals surface area (Å²) in [6.45, 7) is 1.10. The van der Waals surface area contributed by atoms with Gasteiger partial charge in [-0.2, -0.15) is 0 Å². The third kappa shape index (κ3) is 4.13. The number of nitrogens with zero attached hydrogens (tertiary/aromatic N) is 2. The lowest BCUT2D eigenvalue weighted by molar-refractivity contribution is -0.120. The van der Waals surface area contributed by atoms with Gasteiger partial charge in [-0.15, -0.1) is 11.3 Å². The Balaban J connectivity index is 1.55. The Morgan fingerprint density at radius 2 is 2.12 bits per heavy atom. The first-order valence-corrected chi connectivity index (χ1v) is 9.21. The van der Waals surface area contributed by atoms with E-state index in [1.54, 1.807) is 25.2 Å². The normalized spacial score (nSPS) is 13.8. The monoisotopic (exact) mass is 375 g/mol. The van der Waals surface area contributed by atoms with Crippen LogP contribution >= 0.6 is 11.3 Å². The fourth-order valence-electron chi connectivity index (χ4n) is 2.77. The minimum absolute atomic E-state index is 0.101. The first kappa shape index (κ1) is 18.2. The molecule has 0 aliphatic carbocycles. The molecule has 1 aromatic heterocycles. The van der Waals surface area contributed by atoms with Crippen molar-refractivity contribution < 1.29 is 19.1 Å². The van der Waals surface area contributed by atoms with E-state index in [9.17, 15) is 9.59 Å². The maximum absolute atomic E-state index is 12.2. The van der Waals surface area contributed by atoms with Gasteiger partial charge in [0, 0.05) is 24.9 Å². The van der Waals surface area contributed by atoms with Gasteiger partial charge in [0.2, 0.25) is 11.8 Å². The molecule has 0 spiro atoms. The summed E-state index contributed by atoms with van der Waals surface area (Å²) >= 11 is 1.40. The molecule has 1 N–H and O–H groups in total. The Morgan fingerprint density at radius 3 is 2.81 bits per heavy atom. The van der Waals surface area contributed by atoms with Gasteiger partial charge >= 0.3 is 0 Å². The van der Waals surface area contributed by atoms with Gasteiger partial charge in [-0.3, -0.25) is 14.5 Å². The highest BCUT2D eigenvalue weighted by Crippen LogP contribution is 2.27. The minimum Gasteiger partial charge on any atom is -0.493 e. The number of ether oxygens (including phenoxy) is 2. The number of anilines is 1. The average Bonchev–Trinajstić information content (AvgIpc) is 3.28. The third-order valence-corrected chi connectivity index (χ3v) is 5.04. The Hall–Kier alpha value is -2.61. The van der Waals surface area contributed by atoms with E-state index in [2.05, 4.69) is 10.3 Å². The maximum Gasteiger partial charge on any atom is 0.228 e. The lowest BCUT2D eigenvalue weighted by Crippen LogP contribution is -2.25. The molecular weight excluding hydrogens is 354 g/mol. The van der Waals surface area contributed by atoms with E-state index in [-0.39, 0.29) is 18.2 Å². The van der Waals surface area contributed by atoms with Crippen LogP contribution in [0.2, 0.25) is 0 Å². The zero-order valence-corrected chi connectivity index (χ0v) is 15.6. The number of carbonyl (C=O) groups excluding carboxylic acids is 2. The quantitative estimate of drug-likeness (QED) is 0.802. The molecule has 3 rings (SSSR count). The van der Waals surface area contributed by atoms with Gasteiger partial charge < -0.3 is 14.8 Å². The molecule has 1 aromatic carbocycles. The Kier molecular flexibility index (Phi) is 5.72. The van der Waals surface area contributed by atoms with E-state index in [4.69, 9.17) is 9.47 Å². The molecule has 26 heavy (non-hydrogen) atoms. The fourth-order valence-corrected chi connectivity index (χ4v) is 3.64. The van der Waals surface area contributed by atoms with Crippen LogP contribution in [0.5, 0.6) is 11.5 Å². The molecule has 1 aliphatic heterocycles. The Morgan fingerprint density at radius 1 is 1.31 bits per heavy atom. The highest BCUT2D eigenvalue weighted by molar-refractivity contribution is 7.14.